The number of para-hydroxylation sites is 2. The number of nitrogens with zero attached hydrogens (tertiary/aromatic N) is 3. The van der Waals surface area contributed by atoms with Crippen LogP contribution in [0.3, 0.4) is 0 Å². The molecule has 30 heavy (non-hydrogen) atoms. The van der Waals surface area contributed by atoms with Crippen LogP contribution in [0.15, 0.2) is 84.1 Å². The summed E-state index contributed by atoms with van der Waals surface area (Å²) < 4.78 is 5.47. The molecule has 1 aliphatic rings. The van der Waals surface area contributed by atoms with Crippen LogP contribution in [0.1, 0.15) is 5.56 Å². The summed E-state index contributed by atoms with van der Waals surface area (Å²) in [5.74, 6) is -0.649. The number of thioether (sulfide) groups is 1. The van der Waals surface area contributed by atoms with Gasteiger partial charge in [0.15, 0.2) is 11.1 Å². The zero-order valence-corrected chi connectivity index (χ0v) is 16.0. The van der Waals surface area contributed by atoms with Crippen molar-refractivity contribution in [3.63, 3.8) is 0 Å². The molecule has 0 saturated heterocycles. The second-order valence-electron chi connectivity index (χ2n) is 6.39. The van der Waals surface area contributed by atoms with E-state index in [4.69, 9.17) is 4.42 Å². The van der Waals surface area contributed by atoms with Crippen molar-refractivity contribution in [1.82, 2.24) is 4.98 Å². The lowest BCUT2D eigenvalue weighted by Crippen LogP contribution is -2.05. The first-order chi connectivity index (χ1) is 14.6. The molecule has 0 fully saturated rings. The number of aliphatic imine (C=N–C) groups is 1. The molecule has 0 unspecified atom stereocenters. The average molecular weight is 416 g/mol. The van der Waals surface area contributed by atoms with Gasteiger partial charge in [0, 0.05) is 5.39 Å². The van der Waals surface area contributed by atoms with Crippen molar-refractivity contribution >= 4 is 56.5 Å². The predicted octanol–water partition coefficient (Wildman–Crippen LogP) is 4.73. The lowest BCUT2D eigenvalue weighted by molar-refractivity contribution is -0.113. The molecule has 0 saturated carbocycles. The maximum atomic E-state index is 12.6. The molecule has 1 amide bonds. The summed E-state index contributed by atoms with van der Waals surface area (Å²) in [6.45, 7) is 0. The Morgan fingerprint density at radius 3 is 2.67 bits per heavy atom. The molecule has 1 aliphatic heterocycles. The quantitative estimate of drug-likeness (QED) is 0.361. The number of nitrogens with one attached hydrogen (secondary N) is 1. The summed E-state index contributed by atoms with van der Waals surface area (Å²) in [6, 6.07) is 14.1. The van der Waals surface area contributed by atoms with Crippen LogP contribution in [0.2, 0.25) is 0 Å². The Bertz CT molecular complexity index is 1480. The molecule has 0 radical (unpaired) electrons. The van der Waals surface area contributed by atoms with Crippen LogP contribution in [0.5, 0.6) is 5.88 Å². The lowest BCUT2D eigenvalue weighted by Gasteiger charge is -1.98. The summed E-state index contributed by atoms with van der Waals surface area (Å²) in [5.41, 5.74) is 1.45. The highest BCUT2D eigenvalue weighted by Crippen LogP contribution is 2.36. The number of aromatic nitrogens is 1. The van der Waals surface area contributed by atoms with E-state index in [2.05, 4.69) is 20.2 Å². The summed E-state index contributed by atoms with van der Waals surface area (Å²) >= 11 is 0.990. The molecule has 3 heterocycles. The zero-order valence-electron chi connectivity index (χ0n) is 15.2. The Labute approximate surface area is 172 Å². The number of amides is 1. The zero-order chi connectivity index (χ0) is 20.7. The Balaban J connectivity index is 1.43. The summed E-state index contributed by atoms with van der Waals surface area (Å²) in [4.78, 5) is 31.7. The van der Waals surface area contributed by atoms with Crippen molar-refractivity contribution < 1.29 is 14.3 Å². The number of fused-ring (bicyclic) bond motifs is 2. The highest BCUT2D eigenvalue weighted by atomic mass is 32.2. The van der Waals surface area contributed by atoms with Crippen molar-refractivity contribution in [3.8, 4) is 5.88 Å². The maximum absolute atomic E-state index is 12.6. The van der Waals surface area contributed by atoms with Crippen LogP contribution in [-0.4, -0.2) is 21.2 Å². The molecule has 0 atom stereocenters. The van der Waals surface area contributed by atoms with Gasteiger partial charge >= 0.3 is 0 Å². The summed E-state index contributed by atoms with van der Waals surface area (Å²) in [6.07, 6.45) is 2.75. The number of hydrogen-bond donors (Lipinski definition) is 2. The predicted molar refractivity (Wildman–Crippen MR) is 115 cm³/mol. The number of hydrogen-bond acceptors (Lipinski definition) is 7. The van der Waals surface area contributed by atoms with E-state index in [9.17, 15) is 14.7 Å². The third-order valence-electron chi connectivity index (χ3n) is 4.50. The Kier molecular flexibility index (Phi) is 4.29. The molecular weight excluding hydrogens is 404 g/mol. The minimum Gasteiger partial charge on any atom is -0.493 e. The SMILES string of the molecule is O=C1N=C(N=Nc2c(O)[nH]c3ccccc23)SC1=Cc1coc2ccccc2c1=O. The van der Waals surface area contributed by atoms with Gasteiger partial charge in [-0.15, -0.1) is 10.2 Å². The number of carbonyl (C=O) groups is 1. The first-order valence-corrected chi connectivity index (χ1v) is 9.66. The molecular formula is C21H12N4O4S. The number of azo groups is 1. The van der Waals surface area contributed by atoms with E-state index in [0.717, 1.165) is 11.8 Å². The number of carbonyl (C=O) groups excluding carboxylic acids is 1. The van der Waals surface area contributed by atoms with Gasteiger partial charge in [-0.05, 0) is 36.0 Å². The first-order valence-electron chi connectivity index (χ1n) is 8.85. The summed E-state index contributed by atoms with van der Waals surface area (Å²) in [5, 5.41) is 19.3. The molecule has 2 aromatic carbocycles. The van der Waals surface area contributed by atoms with E-state index in [1.54, 1.807) is 36.4 Å². The smallest absolute Gasteiger partial charge is 0.286 e. The number of benzene rings is 2. The molecule has 0 spiro atoms. The van der Waals surface area contributed by atoms with E-state index in [-0.39, 0.29) is 32.6 Å². The number of H-pyrrole nitrogens is 1. The van der Waals surface area contributed by atoms with E-state index in [1.807, 2.05) is 12.1 Å². The van der Waals surface area contributed by atoms with Crippen LogP contribution >= 0.6 is 11.8 Å². The van der Waals surface area contributed by atoms with Gasteiger partial charge in [0.05, 0.1) is 21.4 Å². The Morgan fingerprint density at radius 2 is 1.80 bits per heavy atom. The highest BCUT2D eigenvalue weighted by Gasteiger charge is 2.23. The molecule has 2 aromatic heterocycles. The Morgan fingerprint density at radius 1 is 1.03 bits per heavy atom. The number of rotatable bonds is 2. The molecule has 8 nitrogen and oxygen atoms in total. The van der Waals surface area contributed by atoms with E-state index < -0.39 is 5.91 Å². The number of aromatic amines is 1. The first kappa shape index (κ1) is 18.1. The lowest BCUT2D eigenvalue weighted by atomic mass is 10.1. The maximum Gasteiger partial charge on any atom is 0.286 e. The normalized spacial score (nSPS) is 15.7. The van der Waals surface area contributed by atoms with Crippen molar-refractivity contribution in [2.24, 2.45) is 15.2 Å². The van der Waals surface area contributed by atoms with Gasteiger partial charge in [-0.25, -0.2) is 0 Å². The van der Waals surface area contributed by atoms with Gasteiger partial charge in [-0.3, -0.25) is 9.59 Å². The molecule has 5 rings (SSSR count). The fourth-order valence-corrected chi connectivity index (χ4v) is 3.81. The van der Waals surface area contributed by atoms with Crippen molar-refractivity contribution in [3.05, 3.63) is 75.5 Å². The van der Waals surface area contributed by atoms with E-state index >= 15 is 0 Å². The largest absolute Gasteiger partial charge is 0.493 e. The fourth-order valence-electron chi connectivity index (χ4n) is 3.08. The van der Waals surface area contributed by atoms with Gasteiger partial charge in [-0.1, -0.05) is 30.3 Å². The number of aromatic hydroxyl groups is 1. The number of amidine groups is 1. The minimum atomic E-state index is -0.523. The van der Waals surface area contributed by atoms with Crippen molar-refractivity contribution in [2.75, 3.05) is 0 Å². The van der Waals surface area contributed by atoms with Crippen molar-refractivity contribution in [2.45, 2.75) is 0 Å². The van der Waals surface area contributed by atoms with Crippen molar-refractivity contribution in [1.29, 1.82) is 0 Å². The second kappa shape index (κ2) is 7.12. The standard InChI is InChI=1S/C21H12N4O4S/c26-18-11(10-29-15-8-4-2-6-13(15)18)9-16-19(27)23-21(30-16)25-24-17-12-5-1-3-7-14(12)22-20(17)28/h1-10,22,28H. The molecule has 2 N–H and O–H groups in total. The fraction of sp³-hybridized carbons (Fsp3) is 0. The Hall–Kier alpha value is -3.98. The third-order valence-corrected chi connectivity index (χ3v) is 5.37. The highest BCUT2D eigenvalue weighted by molar-refractivity contribution is 8.18. The molecule has 4 aromatic rings. The van der Waals surface area contributed by atoms with Crippen LogP contribution in [-0.2, 0) is 4.79 Å². The van der Waals surface area contributed by atoms with Gasteiger partial charge < -0.3 is 14.5 Å². The monoisotopic (exact) mass is 416 g/mol. The van der Waals surface area contributed by atoms with Gasteiger partial charge in [0.1, 0.15) is 11.8 Å². The second-order valence-corrected chi connectivity index (χ2v) is 7.40. The summed E-state index contributed by atoms with van der Waals surface area (Å²) in [7, 11) is 0. The van der Waals surface area contributed by atoms with E-state index in [0.29, 0.717) is 21.9 Å². The topological polar surface area (TPSA) is 120 Å². The third kappa shape index (κ3) is 3.11. The molecule has 9 heteroatoms. The molecule has 146 valence electrons. The van der Waals surface area contributed by atoms with E-state index in [1.165, 1.54) is 12.3 Å². The molecule has 0 aliphatic carbocycles. The van der Waals surface area contributed by atoms with Gasteiger partial charge in [0.25, 0.3) is 5.91 Å². The van der Waals surface area contributed by atoms with Crippen LogP contribution in [0, 0.1) is 0 Å². The van der Waals surface area contributed by atoms with Gasteiger partial charge in [0.2, 0.25) is 11.0 Å². The van der Waals surface area contributed by atoms with Crippen LogP contribution in [0.4, 0.5) is 5.69 Å². The van der Waals surface area contributed by atoms with Crippen LogP contribution < -0.4 is 5.43 Å². The average Bonchev–Trinajstić information content (AvgIpc) is 3.27. The van der Waals surface area contributed by atoms with Gasteiger partial charge in [-0.2, -0.15) is 4.99 Å². The van der Waals surface area contributed by atoms with Crippen LogP contribution in [0.25, 0.3) is 27.9 Å². The molecule has 0 bridgehead atoms. The minimum absolute atomic E-state index is 0.112.